The quantitative estimate of drug-likeness (QED) is 0.123. The summed E-state index contributed by atoms with van der Waals surface area (Å²) in [7, 11) is 0. The van der Waals surface area contributed by atoms with Gasteiger partial charge in [-0.3, -0.25) is 4.79 Å². The fourth-order valence-electron chi connectivity index (χ4n) is 12.6. The molecule has 0 aliphatic heterocycles. The number of allylic oxidation sites excluding steroid dienone is 4. The van der Waals surface area contributed by atoms with E-state index in [1.54, 1.807) is 4.90 Å². The summed E-state index contributed by atoms with van der Waals surface area (Å²) < 4.78 is 28.9. The minimum absolute atomic E-state index is 0.0268. The number of aliphatic hydroxyl groups is 2. The molecule has 3 fully saturated rings. The first-order chi connectivity index (χ1) is 27.2. The van der Waals surface area contributed by atoms with Crippen LogP contribution in [-0.4, -0.2) is 45.2 Å². The van der Waals surface area contributed by atoms with Crippen molar-refractivity contribution in [2.75, 3.05) is 6.54 Å². The summed E-state index contributed by atoms with van der Waals surface area (Å²) in [6.07, 6.45) is 10.4. The van der Waals surface area contributed by atoms with Gasteiger partial charge in [0.15, 0.2) is 17.4 Å². The maximum absolute atomic E-state index is 14.8. The van der Waals surface area contributed by atoms with Crippen molar-refractivity contribution in [3.05, 3.63) is 143 Å². The van der Waals surface area contributed by atoms with Crippen LogP contribution in [0.15, 0.2) is 115 Å². The summed E-state index contributed by atoms with van der Waals surface area (Å²) in [5, 5.41) is 29.7. The van der Waals surface area contributed by atoms with E-state index in [1.165, 1.54) is 6.07 Å². The van der Waals surface area contributed by atoms with Gasteiger partial charge in [0, 0.05) is 33.9 Å². The van der Waals surface area contributed by atoms with Crippen molar-refractivity contribution in [1.29, 1.82) is 0 Å². The molecule has 0 heterocycles. The summed E-state index contributed by atoms with van der Waals surface area (Å²) in [5.74, 6) is -2.57. The fourth-order valence-corrected chi connectivity index (χ4v) is 12.6. The van der Waals surface area contributed by atoms with Crippen LogP contribution in [0, 0.1) is 45.1 Å². The number of hydrogen-bond donors (Lipinski definition) is 3. The molecule has 9 atom stereocenters. The molecule has 6 aliphatic carbocycles. The second-order valence-corrected chi connectivity index (χ2v) is 18.3. The number of aliphatic hydroxyl groups excluding tert-OH is 1. The van der Waals surface area contributed by atoms with Gasteiger partial charge in [0.2, 0.25) is 0 Å². The Hall–Kier alpha value is -4.66. The smallest absolute Gasteiger partial charge is 0.318 e. The highest BCUT2D eigenvalue weighted by molar-refractivity contribution is 6.10. The van der Waals surface area contributed by atoms with Gasteiger partial charge in [0.25, 0.3) is 0 Å². The molecule has 4 aromatic rings. The Bertz CT molecular complexity index is 2320. The third kappa shape index (κ3) is 5.60. The van der Waals surface area contributed by atoms with Gasteiger partial charge >= 0.3 is 6.03 Å². The van der Waals surface area contributed by atoms with Crippen LogP contribution in [0.5, 0.6) is 0 Å². The van der Waals surface area contributed by atoms with Crippen LogP contribution in [0.4, 0.5) is 13.6 Å². The lowest BCUT2D eigenvalue weighted by Crippen LogP contribution is -2.67. The van der Waals surface area contributed by atoms with Crippen molar-refractivity contribution in [3.63, 3.8) is 0 Å². The van der Waals surface area contributed by atoms with Gasteiger partial charge in [0.1, 0.15) is 0 Å². The molecule has 8 heteroatoms. The van der Waals surface area contributed by atoms with Gasteiger partial charge < -0.3 is 20.4 Å². The number of nitrogens with zero attached hydrogens (tertiary/aromatic N) is 1. The average molecular weight is 771 g/mol. The number of rotatable bonds is 8. The van der Waals surface area contributed by atoms with E-state index in [-0.39, 0.29) is 53.8 Å². The normalized spacial score (nSPS) is 34.2. The zero-order valence-electron chi connectivity index (χ0n) is 33.0. The summed E-state index contributed by atoms with van der Waals surface area (Å²) in [6, 6.07) is 26.9. The van der Waals surface area contributed by atoms with Crippen molar-refractivity contribution in [2.24, 2.45) is 33.5 Å². The second-order valence-electron chi connectivity index (χ2n) is 18.3. The largest absolute Gasteiger partial charge is 0.393 e. The Morgan fingerprint density at radius 2 is 1.54 bits per heavy atom. The van der Waals surface area contributed by atoms with E-state index in [0.717, 1.165) is 46.9 Å². The lowest BCUT2D eigenvalue weighted by atomic mass is 9.32. The lowest BCUT2D eigenvalue weighted by molar-refractivity contribution is -0.174. The van der Waals surface area contributed by atoms with Crippen LogP contribution in [0.1, 0.15) is 93.2 Å². The number of fused-ring (bicyclic) bond motifs is 2. The SMILES string of the molecule is C[C@@H](NC(=O)N(Cc1cccc2ccccc12)C[C@]1(O)CC[C@H]2[C@]34C=C[C@@]5(C=C3C(=O)c3ccc(F)c(F)c3)CC(O)CC[C@]5(C)[C@H]4CC[C@@]21C)c1ccccc1. The number of carbonyl (C=O) groups excluding carboxylic acids is 2. The van der Waals surface area contributed by atoms with Crippen LogP contribution in [0.25, 0.3) is 10.8 Å². The monoisotopic (exact) mass is 770 g/mol. The van der Waals surface area contributed by atoms with Crippen LogP contribution in [-0.2, 0) is 6.54 Å². The number of nitrogens with one attached hydrogen (secondary N) is 1. The number of ketones is 1. The Kier molecular flexibility index (Phi) is 8.94. The number of carbonyl (C=O) groups is 2. The molecule has 0 aromatic heterocycles. The van der Waals surface area contributed by atoms with Crippen molar-refractivity contribution in [3.8, 4) is 0 Å². The average Bonchev–Trinajstić information content (AvgIpc) is 3.48. The van der Waals surface area contributed by atoms with E-state index in [0.29, 0.717) is 37.7 Å². The van der Waals surface area contributed by atoms with Crippen LogP contribution >= 0.6 is 0 Å². The first-order valence-electron chi connectivity index (χ1n) is 20.6. The van der Waals surface area contributed by atoms with Gasteiger partial charge in [-0.15, -0.1) is 0 Å². The number of urea groups is 1. The predicted octanol–water partition coefficient (Wildman–Crippen LogP) is 9.86. The van der Waals surface area contributed by atoms with E-state index < -0.39 is 39.6 Å². The zero-order chi connectivity index (χ0) is 40.0. The standard InChI is InChI=1S/C49H52F2N2O4/c1-31(32-10-5-4-6-11-32)52-44(56)53(29-35-14-9-13-33-12-7-8-15-37(33)35)30-48(57)23-20-42-46(48,3)22-19-41-45(2)21-18-36(54)27-47(45)24-25-49(41,42)38(28-47)43(55)34-16-17-39(50)40(51)26-34/h4-17,24-26,28,31,36,41-42,54,57H,18-23,27,29-30H2,1-3H3,(H,52,56)/t31-,36?,41-,42-,45-,46+,47+,48-,49-/m1/s1. The summed E-state index contributed by atoms with van der Waals surface area (Å²) >= 11 is 0. The van der Waals surface area contributed by atoms with E-state index in [9.17, 15) is 28.6 Å². The van der Waals surface area contributed by atoms with Crippen molar-refractivity contribution in [1.82, 2.24) is 10.2 Å². The van der Waals surface area contributed by atoms with Gasteiger partial charge in [-0.2, -0.15) is 0 Å². The molecule has 10 rings (SSSR count). The second kappa shape index (κ2) is 13.5. The van der Waals surface area contributed by atoms with Crippen LogP contribution < -0.4 is 5.32 Å². The zero-order valence-corrected chi connectivity index (χ0v) is 33.0. The third-order valence-corrected chi connectivity index (χ3v) is 15.8. The van der Waals surface area contributed by atoms with Crippen LogP contribution in [0.3, 0.4) is 0 Å². The first kappa shape index (κ1) is 37.9. The van der Waals surface area contributed by atoms with E-state index in [4.69, 9.17) is 0 Å². The third-order valence-electron chi connectivity index (χ3n) is 15.8. The van der Waals surface area contributed by atoms with Crippen molar-refractivity contribution < 1.29 is 28.6 Å². The Morgan fingerprint density at radius 3 is 2.33 bits per heavy atom. The number of Topliss-reactive ketones (excluding diaryl/α,β-unsaturated/α-hetero) is 1. The van der Waals surface area contributed by atoms with E-state index in [2.05, 4.69) is 55.6 Å². The molecule has 2 spiro atoms. The molecule has 1 unspecified atom stereocenters. The fraction of sp³-hybridized carbons (Fsp3) is 0.429. The van der Waals surface area contributed by atoms with E-state index in [1.807, 2.05) is 61.5 Å². The molecule has 3 saturated carbocycles. The van der Waals surface area contributed by atoms with Gasteiger partial charge in [-0.05, 0) is 109 Å². The Labute approximate surface area is 333 Å². The molecule has 4 aromatic carbocycles. The Morgan fingerprint density at radius 1 is 0.842 bits per heavy atom. The predicted molar refractivity (Wildman–Crippen MR) is 217 cm³/mol. The molecular formula is C49H52F2N2O4. The molecule has 57 heavy (non-hydrogen) atoms. The first-order valence-corrected chi connectivity index (χ1v) is 20.6. The number of amides is 2. The van der Waals surface area contributed by atoms with Crippen molar-refractivity contribution in [2.45, 2.75) is 90.0 Å². The highest BCUT2D eigenvalue weighted by atomic mass is 19.2. The molecule has 2 bridgehead atoms. The van der Waals surface area contributed by atoms with Gasteiger partial charge in [-0.1, -0.05) is 105 Å². The highest BCUT2D eigenvalue weighted by Gasteiger charge is 2.74. The molecule has 0 radical (unpaired) electrons. The van der Waals surface area contributed by atoms with Gasteiger partial charge in [-0.25, -0.2) is 13.6 Å². The lowest BCUT2D eigenvalue weighted by Gasteiger charge is -2.71. The van der Waals surface area contributed by atoms with Crippen molar-refractivity contribution >= 4 is 22.6 Å². The topological polar surface area (TPSA) is 89.9 Å². The van der Waals surface area contributed by atoms with Gasteiger partial charge in [0.05, 0.1) is 24.3 Å². The molecule has 3 N–H and O–H groups in total. The molecule has 6 nitrogen and oxygen atoms in total. The van der Waals surface area contributed by atoms with Crippen LogP contribution in [0.2, 0.25) is 0 Å². The minimum Gasteiger partial charge on any atom is -0.393 e. The summed E-state index contributed by atoms with van der Waals surface area (Å²) in [5.41, 5.74) is -1.02. The number of hydrogen-bond acceptors (Lipinski definition) is 4. The molecule has 296 valence electrons. The molecule has 2 amide bonds. The Balaban J connectivity index is 1.11. The highest BCUT2D eigenvalue weighted by Crippen LogP contribution is 2.78. The summed E-state index contributed by atoms with van der Waals surface area (Å²) in [4.78, 5) is 31.2. The number of halogens is 2. The molecule has 0 saturated heterocycles. The maximum atomic E-state index is 14.8. The van der Waals surface area contributed by atoms with E-state index >= 15 is 0 Å². The molecular weight excluding hydrogens is 719 g/mol. The maximum Gasteiger partial charge on any atom is 0.318 e. The molecule has 6 aliphatic rings. The minimum atomic E-state index is -1.31. The number of benzene rings is 4. The summed E-state index contributed by atoms with van der Waals surface area (Å²) in [6.45, 7) is 6.80.